The summed E-state index contributed by atoms with van der Waals surface area (Å²) in [5.41, 5.74) is 7.08. The molecule has 13 heteroatoms. The van der Waals surface area contributed by atoms with Crippen LogP contribution in [-0.2, 0) is 19.2 Å². The highest BCUT2D eigenvalue weighted by Crippen LogP contribution is 2.56. The number of anilines is 1. The van der Waals surface area contributed by atoms with Gasteiger partial charge in [-0.3, -0.25) is 24.1 Å². The standard InChI is InChI=1S/C31H40N4O9/c1-12-14-9-10-16(34-30(43)15(32)11-13-7-5-4-6-8-13)23(36)18(14)24(37)19-17(12)25(38)21-22(35(2)3)26(39)20(29(33)42)28(41)31(21,44)27(19)40/h9-10,12-13,15,17,21-22,25,36-38,41,44H,4-8,11,32H2,1-3H3,(H2,33,42)(H,34,43)/t12-,15-,17?,21+,22-,25-,31-/m0/s1. The van der Waals surface area contributed by atoms with E-state index < -0.39 is 93.3 Å². The van der Waals surface area contributed by atoms with Crippen molar-refractivity contribution in [1.82, 2.24) is 4.90 Å². The van der Waals surface area contributed by atoms with Crippen LogP contribution in [0.5, 0.6) is 5.75 Å². The molecular weight excluding hydrogens is 572 g/mol. The minimum absolute atomic E-state index is 0.0688. The quantitative estimate of drug-likeness (QED) is 0.165. The van der Waals surface area contributed by atoms with Crippen molar-refractivity contribution in [3.63, 3.8) is 0 Å². The van der Waals surface area contributed by atoms with Gasteiger partial charge in [-0.2, -0.15) is 0 Å². The molecular formula is C31H40N4O9. The second kappa shape index (κ2) is 11.3. The summed E-state index contributed by atoms with van der Waals surface area (Å²) < 4.78 is 0. The van der Waals surface area contributed by atoms with Gasteiger partial charge in [-0.05, 0) is 44.0 Å². The Balaban J connectivity index is 1.57. The number of aliphatic hydroxyl groups excluding tert-OH is 3. The van der Waals surface area contributed by atoms with Crippen molar-refractivity contribution in [2.75, 3.05) is 19.4 Å². The van der Waals surface area contributed by atoms with Gasteiger partial charge in [-0.15, -0.1) is 0 Å². The van der Waals surface area contributed by atoms with Crippen LogP contribution in [-0.4, -0.2) is 91.7 Å². The number of hydrogen-bond donors (Lipinski definition) is 8. The van der Waals surface area contributed by atoms with Gasteiger partial charge >= 0.3 is 0 Å². The van der Waals surface area contributed by atoms with Gasteiger partial charge in [0.25, 0.3) is 5.91 Å². The van der Waals surface area contributed by atoms with E-state index in [-0.39, 0.29) is 11.3 Å². The second-order valence-corrected chi connectivity index (χ2v) is 12.8. The summed E-state index contributed by atoms with van der Waals surface area (Å²) in [5.74, 6) is -10.0. The Morgan fingerprint density at radius 3 is 2.34 bits per heavy atom. The first-order chi connectivity index (χ1) is 20.6. The highest BCUT2D eigenvalue weighted by Gasteiger charge is 2.68. The fraction of sp³-hybridized carbons (Fsp3) is 0.548. The van der Waals surface area contributed by atoms with E-state index in [4.69, 9.17) is 11.5 Å². The first-order valence-electron chi connectivity index (χ1n) is 14.9. The van der Waals surface area contributed by atoms with E-state index in [9.17, 15) is 44.7 Å². The van der Waals surface area contributed by atoms with Crippen LogP contribution < -0.4 is 16.8 Å². The van der Waals surface area contributed by atoms with Gasteiger partial charge in [-0.25, -0.2) is 0 Å². The van der Waals surface area contributed by atoms with Gasteiger partial charge in [0, 0.05) is 11.5 Å². The maximum Gasteiger partial charge on any atom is 0.255 e. The fourth-order valence-electron chi connectivity index (χ4n) is 7.83. The summed E-state index contributed by atoms with van der Waals surface area (Å²) >= 11 is 0. The number of fused-ring (bicyclic) bond motifs is 3. The van der Waals surface area contributed by atoms with Crippen molar-refractivity contribution < 1.29 is 44.7 Å². The van der Waals surface area contributed by atoms with Gasteiger partial charge in [0.1, 0.15) is 22.8 Å². The number of Topliss-reactive ketones (excluding diaryl/α,β-unsaturated/α-hetero) is 2. The molecule has 5 rings (SSSR count). The summed E-state index contributed by atoms with van der Waals surface area (Å²) in [6.07, 6.45) is 4.12. The summed E-state index contributed by atoms with van der Waals surface area (Å²) in [4.78, 5) is 53.8. The molecule has 13 nitrogen and oxygen atoms in total. The molecule has 0 aliphatic heterocycles. The summed E-state index contributed by atoms with van der Waals surface area (Å²) in [6.45, 7) is 1.63. The van der Waals surface area contributed by atoms with Gasteiger partial charge in [0.2, 0.25) is 11.7 Å². The smallest absolute Gasteiger partial charge is 0.255 e. The Morgan fingerprint density at radius 2 is 1.75 bits per heavy atom. The molecule has 0 heterocycles. The number of phenols is 1. The number of nitrogens with two attached hydrogens (primary N) is 2. The summed E-state index contributed by atoms with van der Waals surface area (Å²) in [5, 5.41) is 59.9. The number of hydrogen-bond acceptors (Lipinski definition) is 11. The third-order valence-electron chi connectivity index (χ3n) is 10.0. The molecule has 238 valence electrons. The number of nitrogens with zero attached hydrogens (tertiary/aromatic N) is 1. The molecule has 1 unspecified atom stereocenters. The number of likely N-dealkylation sites (N-methyl/N-ethyl adjacent to an activating group) is 1. The first-order valence-corrected chi connectivity index (χ1v) is 14.9. The minimum Gasteiger partial charge on any atom is -0.508 e. The molecule has 2 saturated carbocycles. The number of carbonyl (C=O) groups is 4. The lowest BCUT2D eigenvalue weighted by Gasteiger charge is -2.53. The normalized spacial score (nSPS) is 31.4. The predicted molar refractivity (Wildman–Crippen MR) is 158 cm³/mol. The Labute approximate surface area is 254 Å². The van der Waals surface area contributed by atoms with Crippen molar-refractivity contribution in [2.45, 2.75) is 75.2 Å². The van der Waals surface area contributed by atoms with E-state index in [0.29, 0.717) is 17.9 Å². The van der Waals surface area contributed by atoms with E-state index >= 15 is 0 Å². The second-order valence-electron chi connectivity index (χ2n) is 12.8. The summed E-state index contributed by atoms with van der Waals surface area (Å²) in [6, 6.07) is 0.698. The maximum atomic E-state index is 14.1. The zero-order chi connectivity index (χ0) is 32.4. The number of carbonyl (C=O) groups excluding carboxylic acids is 4. The van der Waals surface area contributed by atoms with Crippen LogP contribution in [0.15, 0.2) is 29.0 Å². The average Bonchev–Trinajstić information content (AvgIpc) is 2.96. The maximum absolute atomic E-state index is 14.1. The van der Waals surface area contributed by atoms with E-state index in [2.05, 4.69) is 5.32 Å². The lowest BCUT2D eigenvalue weighted by molar-refractivity contribution is -0.169. The van der Waals surface area contributed by atoms with Crippen molar-refractivity contribution >= 4 is 34.8 Å². The lowest BCUT2D eigenvalue weighted by atomic mass is 9.54. The Hall–Kier alpha value is -3.78. The molecule has 4 aliphatic rings. The van der Waals surface area contributed by atoms with Crippen LogP contribution in [0, 0.1) is 17.8 Å². The van der Waals surface area contributed by atoms with E-state index in [1.54, 1.807) is 6.92 Å². The molecule has 0 bridgehead atoms. The molecule has 1 aromatic rings. The number of rotatable bonds is 6. The van der Waals surface area contributed by atoms with E-state index in [1.807, 2.05) is 0 Å². The molecule has 0 spiro atoms. The van der Waals surface area contributed by atoms with Crippen molar-refractivity contribution in [3.05, 3.63) is 40.2 Å². The number of nitrogens with one attached hydrogen (secondary N) is 1. The van der Waals surface area contributed by atoms with Crippen LogP contribution in [0.3, 0.4) is 0 Å². The Bertz CT molecular complexity index is 1490. The van der Waals surface area contributed by atoms with Crippen molar-refractivity contribution in [2.24, 2.45) is 29.2 Å². The van der Waals surface area contributed by atoms with Gasteiger partial charge < -0.3 is 42.3 Å². The highest BCUT2D eigenvalue weighted by molar-refractivity contribution is 6.24. The molecule has 0 saturated heterocycles. The van der Waals surface area contributed by atoms with Crippen LogP contribution in [0.1, 0.15) is 62.5 Å². The van der Waals surface area contributed by atoms with Gasteiger partial charge in [0.15, 0.2) is 11.4 Å². The van der Waals surface area contributed by atoms with Gasteiger partial charge in [0.05, 0.1) is 35.4 Å². The molecule has 7 atom stereocenters. The Morgan fingerprint density at radius 1 is 1.11 bits per heavy atom. The first kappa shape index (κ1) is 31.6. The van der Waals surface area contributed by atoms with Crippen LogP contribution in [0.4, 0.5) is 5.69 Å². The number of phenolic OH excluding ortho intramolecular Hbond substituents is 1. The SMILES string of the molecule is C[C@H]1c2ccc(NC(=O)[C@@H](N)CC3CCCCC3)c(O)c2C(O)=C2C(=O)[C@]3(O)C(O)=C(C(N)=O)C(=O)[C@@H](N(C)C)[C@@H]3[C@@H](O)C21. The number of amides is 2. The number of ketones is 2. The van der Waals surface area contributed by atoms with Crippen LogP contribution in [0.2, 0.25) is 0 Å². The largest absolute Gasteiger partial charge is 0.508 e. The number of benzene rings is 1. The molecule has 1 aromatic carbocycles. The lowest BCUT2D eigenvalue weighted by Crippen LogP contribution is -2.70. The number of primary amides is 1. The van der Waals surface area contributed by atoms with Crippen LogP contribution >= 0.6 is 0 Å². The molecule has 0 aromatic heterocycles. The molecule has 10 N–H and O–H groups in total. The zero-order valence-corrected chi connectivity index (χ0v) is 24.9. The van der Waals surface area contributed by atoms with Gasteiger partial charge in [-0.1, -0.05) is 45.1 Å². The highest BCUT2D eigenvalue weighted by atomic mass is 16.4. The average molecular weight is 613 g/mol. The number of aromatic hydroxyl groups is 1. The predicted octanol–water partition coefficient (Wildman–Crippen LogP) is 0.732. The third-order valence-corrected chi connectivity index (χ3v) is 10.0. The third kappa shape index (κ3) is 4.61. The van der Waals surface area contributed by atoms with Crippen molar-refractivity contribution in [3.8, 4) is 5.75 Å². The minimum atomic E-state index is -3.00. The summed E-state index contributed by atoms with van der Waals surface area (Å²) in [7, 11) is 2.89. The van der Waals surface area contributed by atoms with E-state index in [1.165, 1.54) is 31.1 Å². The molecule has 44 heavy (non-hydrogen) atoms. The number of aliphatic hydroxyl groups is 4. The van der Waals surface area contributed by atoms with Crippen LogP contribution in [0.25, 0.3) is 5.76 Å². The molecule has 2 amide bonds. The monoisotopic (exact) mass is 612 g/mol. The molecule has 0 radical (unpaired) electrons. The van der Waals surface area contributed by atoms with E-state index in [0.717, 1.165) is 32.1 Å². The molecule has 4 aliphatic carbocycles. The topological polar surface area (TPSA) is 237 Å². The van der Waals surface area contributed by atoms with Crippen molar-refractivity contribution in [1.29, 1.82) is 0 Å². The fourth-order valence-corrected chi connectivity index (χ4v) is 7.83. The Kier molecular flexibility index (Phi) is 8.12. The zero-order valence-electron chi connectivity index (χ0n) is 24.9. The molecule has 2 fully saturated rings.